The molecule has 0 radical (unpaired) electrons. The number of nitrogens with one attached hydrogen (secondary N) is 1. The Kier molecular flexibility index (Phi) is 3.00. The summed E-state index contributed by atoms with van der Waals surface area (Å²) in [6.07, 6.45) is 1.48. The van der Waals surface area contributed by atoms with Crippen LogP contribution in [0.2, 0.25) is 0 Å². The summed E-state index contributed by atoms with van der Waals surface area (Å²) in [7, 11) is 1.66. The number of nitrogens with zero attached hydrogens (tertiary/aromatic N) is 2. The molecule has 0 atom stereocenters. The lowest BCUT2D eigenvalue weighted by molar-refractivity contribution is 0.0699. The van der Waals surface area contributed by atoms with Crippen molar-refractivity contribution < 1.29 is 9.90 Å². The standard InChI is InChI=1S/C12H11N3O2/c1-13-14-7-8-6-10(12(16)17)9-4-2-3-5-11(9)15-8/h2-7,13H,1H3,(H,16,17)/b14-7+. The fourth-order valence-corrected chi connectivity index (χ4v) is 1.57. The molecule has 0 aliphatic rings. The maximum absolute atomic E-state index is 11.2. The van der Waals surface area contributed by atoms with Gasteiger partial charge in [0.2, 0.25) is 0 Å². The summed E-state index contributed by atoms with van der Waals surface area (Å²) in [6, 6.07) is 8.63. The summed E-state index contributed by atoms with van der Waals surface area (Å²) in [5.74, 6) is -0.970. The second kappa shape index (κ2) is 4.61. The number of para-hydroxylation sites is 1. The Labute approximate surface area is 97.8 Å². The smallest absolute Gasteiger partial charge is 0.336 e. The molecule has 2 N–H and O–H groups in total. The largest absolute Gasteiger partial charge is 0.478 e. The fraction of sp³-hybridized carbons (Fsp3) is 0.0833. The highest BCUT2D eigenvalue weighted by Gasteiger charge is 2.10. The van der Waals surface area contributed by atoms with Crippen molar-refractivity contribution in [1.29, 1.82) is 0 Å². The molecule has 0 aliphatic carbocycles. The van der Waals surface area contributed by atoms with E-state index in [-0.39, 0.29) is 5.56 Å². The molecule has 17 heavy (non-hydrogen) atoms. The SMILES string of the molecule is CN/N=C/c1cc(C(=O)O)c2ccccc2n1. The Morgan fingerprint density at radius 1 is 1.47 bits per heavy atom. The van der Waals surface area contributed by atoms with Gasteiger partial charge in [0.15, 0.2) is 0 Å². The summed E-state index contributed by atoms with van der Waals surface area (Å²) < 4.78 is 0. The first-order chi connectivity index (χ1) is 8.22. The van der Waals surface area contributed by atoms with Crippen LogP contribution in [-0.2, 0) is 0 Å². The molecule has 1 aromatic carbocycles. The third-order valence-electron chi connectivity index (χ3n) is 2.29. The molecule has 0 saturated carbocycles. The highest BCUT2D eigenvalue weighted by Crippen LogP contribution is 2.17. The molecule has 0 bridgehead atoms. The van der Waals surface area contributed by atoms with Crippen molar-refractivity contribution in [3.05, 3.63) is 41.6 Å². The van der Waals surface area contributed by atoms with Crippen LogP contribution in [0.3, 0.4) is 0 Å². The van der Waals surface area contributed by atoms with Crippen molar-refractivity contribution in [1.82, 2.24) is 10.4 Å². The summed E-state index contributed by atoms with van der Waals surface area (Å²) in [5, 5.41) is 13.6. The van der Waals surface area contributed by atoms with E-state index in [0.717, 1.165) is 0 Å². The second-order valence-electron chi connectivity index (χ2n) is 3.40. The minimum Gasteiger partial charge on any atom is -0.478 e. The van der Waals surface area contributed by atoms with E-state index in [1.54, 1.807) is 25.2 Å². The second-order valence-corrected chi connectivity index (χ2v) is 3.40. The number of hydrogen-bond donors (Lipinski definition) is 2. The van der Waals surface area contributed by atoms with Gasteiger partial charge >= 0.3 is 5.97 Å². The number of aromatic nitrogens is 1. The zero-order valence-electron chi connectivity index (χ0n) is 9.21. The van der Waals surface area contributed by atoms with Crippen LogP contribution in [0.1, 0.15) is 16.1 Å². The van der Waals surface area contributed by atoms with Crippen LogP contribution in [0, 0.1) is 0 Å². The van der Waals surface area contributed by atoms with Crippen molar-refractivity contribution in [3.63, 3.8) is 0 Å². The summed E-state index contributed by atoms with van der Waals surface area (Å²) in [6.45, 7) is 0. The molecule has 86 valence electrons. The third kappa shape index (κ3) is 2.23. The van der Waals surface area contributed by atoms with Gasteiger partial charge in [0.25, 0.3) is 0 Å². The summed E-state index contributed by atoms with van der Waals surface area (Å²) in [5.41, 5.74) is 3.98. The van der Waals surface area contributed by atoms with Crippen molar-refractivity contribution >= 4 is 23.1 Å². The number of fused-ring (bicyclic) bond motifs is 1. The van der Waals surface area contributed by atoms with Crippen LogP contribution >= 0.6 is 0 Å². The van der Waals surface area contributed by atoms with Gasteiger partial charge in [-0.05, 0) is 12.1 Å². The number of hydrazone groups is 1. The lowest BCUT2D eigenvalue weighted by atomic mass is 10.1. The predicted molar refractivity (Wildman–Crippen MR) is 65.4 cm³/mol. The average Bonchev–Trinajstić information content (AvgIpc) is 2.35. The number of hydrogen-bond acceptors (Lipinski definition) is 4. The Hall–Kier alpha value is -2.43. The van der Waals surface area contributed by atoms with Crippen molar-refractivity contribution in [2.45, 2.75) is 0 Å². The maximum Gasteiger partial charge on any atom is 0.336 e. The van der Waals surface area contributed by atoms with Gasteiger partial charge in [-0.1, -0.05) is 18.2 Å². The molecule has 0 amide bonds. The molecule has 5 heteroatoms. The Morgan fingerprint density at radius 2 is 2.24 bits per heavy atom. The zero-order valence-corrected chi connectivity index (χ0v) is 9.21. The Bertz CT molecular complexity index is 593. The van der Waals surface area contributed by atoms with E-state index in [4.69, 9.17) is 5.11 Å². The van der Waals surface area contributed by atoms with E-state index in [2.05, 4.69) is 15.5 Å². The van der Waals surface area contributed by atoms with Crippen LogP contribution in [0.4, 0.5) is 0 Å². The number of rotatable bonds is 3. The lowest BCUT2D eigenvalue weighted by Gasteiger charge is -2.03. The molecule has 1 heterocycles. The van der Waals surface area contributed by atoms with Crippen LogP contribution in [0.5, 0.6) is 0 Å². The fourth-order valence-electron chi connectivity index (χ4n) is 1.57. The number of benzene rings is 1. The minimum absolute atomic E-state index is 0.230. The van der Waals surface area contributed by atoms with E-state index >= 15 is 0 Å². The number of pyridine rings is 1. The number of carbonyl (C=O) groups is 1. The van der Waals surface area contributed by atoms with Gasteiger partial charge in [0.1, 0.15) is 0 Å². The number of carboxylic acids is 1. The molecule has 0 unspecified atom stereocenters. The zero-order chi connectivity index (χ0) is 12.3. The van der Waals surface area contributed by atoms with Crippen LogP contribution in [-0.4, -0.2) is 29.3 Å². The summed E-state index contributed by atoms with van der Waals surface area (Å²) >= 11 is 0. The monoisotopic (exact) mass is 229 g/mol. The molecule has 0 aliphatic heterocycles. The topological polar surface area (TPSA) is 74.6 Å². The van der Waals surface area contributed by atoms with Crippen LogP contribution < -0.4 is 5.43 Å². The molecular weight excluding hydrogens is 218 g/mol. The van der Waals surface area contributed by atoms with Gasteiger partial charge in [-0.3, -0.25) is 0 Å². The van der Waals surface area contributed by atoms with Crippen molar-refractivity contribution in [3.8, 4) is 0 Å². The van der Waals surface area contributed by atoms with Crippen LogP contribution in [0.25, 0.3) is 10.9 Å². The maximum atomic E-state index is 11.2. The lowest BCUT2D eigenvalue weighted by Crippen LogP contribution is -2.03. The molecule has 0 fully saturated rings. The van der Waals surface area contributed by atoms with E-state index in [1.807, 2.05) is 6.07 Å². The molecule has 1 aromatic heterocycles. The first-order valence-electron chi connectivity index (χ1n) is 5.05. The summed E-state index contributed by atoms with van der Waals surface area (Å²) in [4.78, 5) is 15.5. The highest BCUT2D eigenvalue weighted by atomic mass is 16.4. The van der Waals surface area contributed by atoms with Crippen molar-refractivity contribution in [2.75, 3.05) is 7.05 Å². The Balaban J connectivity index is 2.67. The highest BCUT2D eigenvalue weighted by molar-refractivity contribution is 6.04. The minimum atomic E-state index is -0.970. The van der Waals surface area contributed by atoms with Gasteiger partial charge in [-0.25, -0.2) is 9.78 Å². The van der Waals surface area contributed by atoms with E-state index in [1.165, 1.54) is 12.3 Å². The van der Waals surface area contributed by atoms with Crippen LogP contribution in [0.15, 0.2) is 35.4 Å². The Morgan fingerprint density at radius 3 is 2.94 bits per heavy atom. The first-order valence-corrected chi connectivity index (χ1v) is 5.05. The van der Waals surface area contributed by atoms with Gasteiger partial charge in [-0.2, -0.15) is 5.10 Å². The van der Waals surface area contributed by atoms with E-state index in [9.17, 15) is 4.79 Å². The molecular formula is C12H11N3O2. The van der Waals surface area contributed by atoms with E-state index < -0.39 is 5.97 Å². The van der Waals surface area contributed by atoms with Crippen molar-refractivity contribution in [2.24, 2.45) is 5.10 Å². The third-order valence-corrected chi connectivity index (χ3v) is 2.29. The molecule has 0 saturated heterocycles. The number of carboxylic acid groups (broad SMARTS) is 1. The first kappa shape index (κ1) is 11.1. The molecule has 5 nitrogen and oxygen atoms in total. The molecule has 2 rings (SSSR count). The van der Waals surface area contributed by atoms with Gasteiger partial charge < -0.3 is 10.5 Å². The van der Waals surface area contributed by atoms with Gasteiger partial charge in [0, 0.05) is 12.4 Å². The molecule has 0 spiro atoms. The normalized spacial score (nSPS) is 10.9. The predicted octanol–water partition coefficient (Wildman–Crippen LogP) is 1.49. The van der Waals surface area contributed by atoms with Gasteiger partial charge in [-0.15, -0.1) is 0 Å². The average molecular weight is 229 g/mol. The quantitative estimate of drug-likeness (QED) is 0.617. The molecule has 2 aromatic rings. The van der Waals surface area contributed by atoms with Gasteiger partial charge in [0.05, 0.1) is 23.0 Å². The van der Waals surface area contributed by atoms with E-state index in [0.29, 0.717) is 16.6 Å². The number of aromatic carboxylic acids is 1.